The number of rotatable bonds is 10. The summed E-state index contributed by atoms with van der Waals surface area (Å²) in [6, 6.07) is 16.3. The van der Waals surface area contributed by atoms with Crippen molar-refractivity contribution in [1.82, 2.24) is 20.2 Å². The molecule has 0 unspecified atom stereocenters. The molecule has 40 heavy (non-hydrogen) atoms. The monoisotopic (exact) mass is 544 g/mol. The Morgan fingerprint density at radius 1 is 1.18 bits per heavy atom. The van der Waals surface area contributed by atoms with Gasteiger partial charge in [-0.3, -0.25) is 4.79 Å². The highest BCUT2D eigenvalue weighted by molar-refractivity contribution is 5.76. The van der Waals surface area contributed by atoms with Gasteiger partial charge in [-0.25, -0.2) is 4.98 Å². The first-order valence-electron chi connectivity index (χ1n) is 14.6. The Labute approximate surface area is 238 Å². The number of hydrogen-bond acceptors (Lipinski definition) is 5. The number of nitrogens with zero attached hydrogens (tertiary/aromatic N) is 2. The number of ether oxygens (including phenoxy) is 1. The number of nitrogens with one attached hydrogen (secondary N) is 2. The molecule has 2 aromatic carbocycles. The lowest BCUT2D eigenvalue weighted by Crippen LogP contribution is -2.52. The van der Waals surface area contributed by atoms with Gasteiger partial charge in [0.25, 0.3) is 0 Å². The average molecular weight is 545 g/mol. The molecular formula is C33H44N4O3. The van der Waals surface area contributed by atoms with Gasteiger partial charge < -0.3 is 25.0 Å². The van der Waals surface area contributed by atoms with Gasteiger partial charge in [-0.05, 0) is 61.6 Å². The molecule has 2 heterocycles. The number of aromatic nitrogens is 2. The number of carbonyl (C=O) groups excluding carboxylic acids is 1. The molecule has 1 fully saturated rings. The minimum Gasteiger partial charge on any atom is -0.487 e. The van der Waals surface area contributed by atoms with Gasteiger partial charge >= 0.3 is 0 Å². The molecule has 1 aromatic heterocycles. The van der Waals surface area contributed by atoms with E-state index in [0.29, 0.717) is 13.0 Å². The number of aliphatic hydroxyl groups excluding tert-OH is 1. The van der Waals surface area contributed by atoms with Gasteiger partial charge in [-0.15, -0.1) is 0 Å². The van der Waals surface area contributed by atoms with E-state index >= 15 is 0 Å². The molecule has 7 nitrogen and oxygen atoms in total. The summed E-state index contributed by atoms with van der Waals surface area (Å²) in [7, 11) is 0. The zero-order chi connectivity index (χ0) is 28.3. The Kier molecular flexibility index (Phi) is 8.34. The molecule has 1 aliphatic heterocycles. The molecule has 3 atom stereocenters. The number of imidazole rings is 1. The highest BCUT2D eigenvalue weighted by atomic mass is 16.5. The molecule has 0 saturated heterocycles. The summed E-state index contributed by atoms with van der Waals surface area (Å²) in [6.07, 6.45) is 8.46. The number of benzene rings is 2. The number of carbonyl (C=O) groups is 1. The lowest BCUT2D eigenvalue weighted by Gasteiger charge is -2.48. The topological polar surface area (TPSA) is 88.4 Å². The van der Waals surface area contributed by atoms with Crippen LogP contribution in [0.3, 0.4) is 0 Å². The molecule has 1 spiro atoms. The van der Waals surface area contributed by atoms with Crippen LogP contribution in [0.4, 0.5) is 0 Å². The lowest BCUT2D eigenvalue weighted by molar-refractivity contribution is -0.123. The smallest absolute Gasteiger partial charge is 0.240 e. The number of aliphatic hydroxyl groups is 1. The van der Waals surface area contributed by atoms with Crippen LogP contribution in [0.1, 0.15) is 75.0 Å². The molecule has 0 bridgehead atoms. The molecular weight excluding hydrogens is 500 g/mol. The van der Waals surface area contributed by atoms with E-state index in [4.69, 9.17) is 4.74 Å². The van der Waals surface area contributed by atoms with Crippen LogP contribution in [-0.4, -0.2) is 44.9 Å². The highest BCUT2D eigenvalue weighted by Crippen LogP contribution is 2.49. The third kappa shape index (κ3) is 6.94. The minimum absolute atomic E-state index is 0.0836. The Morgan fingerprint density at radius 3 is 2.60 bits per heavy atom. The van der Waals surface area contributed by atoms with E-state index in [1.54, 1.807) is 12.4 Å². The van der Waals surface area contributed by atoms with Crippen molar-refractivity contribution in [1.29, 1.82) is 0 Å². The number of amides is 1. The van der Waals surface area contributed by atoms with Crippen LogP contribution in [0, 0.1) is 12.3 Å². The molecule has 1 aliphatic carbocycles. The molecule has 0 radical (unpaired) electrons. The van der Waals surface area contributed by atoms with Crippen LogP contribution < -0.4 is 15.4 Å². The third-order valence-corrected chi connectivity index (χ3v) is 8.27. The Morgan fingerprint density at radius 2 is 1.95 bits per heavy atom. The third-order valence-electron chi connectivity index (χ3n) is 8.27. The van der Waals surface area contributed by atoms with Gasteiger partial charge in [0.2, 0.25) is 5.91 Å². The SMILES string of the molecule is Cc1nccn1CC(=O)N[C@@H](Cc1ccccc1)[C@H](O)CN[C@H]1CC2(CCC2)Oc2ccc(CC(C)(C)C)cc21. The second kappa shape index (κ2) is 11.8. The predicted octanol–water partition coefficient (Wildman–Crippen LogP) is 4.90. The van der Waals surface area contributed by atoms with Gasteiger partial charge in [0.15, 0.2) is 0 Å². The first kappa shape index (κ1) is 28.4. The summed E-state index contributed by atoms with van der Waals surface area (Å²) in [4.78, 5) is 17.2. The van der Waals surface area contributed by atoms with E-state index in [9.17, 15) is 9.90 Å². The van der Waals surface area contributed by atoms with Gasteiger partial charge in [0.1, 0.15) is 23.7 Å². The minimum atomic E-state index is -0.769. The van der Waals surface area contributed by atoms with Crippen LogP contribution in [0.15, 0.2) is 60.9 Å². The quantitative estimate of drug-likeness (QED) is 0.338. The Hall–Kier alpha value is -3.16. The lowest BCUT2D eigenvalue weighted by atomic mass is 9.72. The summed E-state index contributed by atoms with van der Waals surface area (Å²) in [6.45, 7) is 9.19. The second-order valence-corrected chi connectivity index (χ2v) is 12.9. The van der Waals surface area contributed by atoms with Gasteiger partial charge in [0.05, 0.1) is 12.1 Å². The van der Waals surface area contributed by atoms with Gasteiger partial charge in [0, 0.05) is 37.0 Å². The number of fused-ring (bicyclic) bond motifs is 1. The standard InChI is InChI=1S/C33H44N4O3/c1-23-34-15-16-37(23)22-31(39)36-27(18-24-9-6-5-7-10-24)29(38)21-35-28-20-33(13-8-14-33)40-30-12-11-25(17-26(28)30)19-32(2,3)4/h5-7,9-12,15-17,27-29,35,38H,8,13-14,18-22H2,1-4H3,(H,36,39)/t27-,28-,29+/m0/s1. The van der Waals surface area contributed by atoms with Crippen LogP contribution in [0.2, 0.25) is 0 Å². The molecule has 1 amide bonds. The first-order valence-corrected chi connectivity index (χ1v) is 14.6. The molecule has 3 aromatic rings. The predicted molar refractivity (Wildman–Crippen MR) is 157 cm³/mol. The maximum Gasteiger partial charge on any atom is 0.240 e. The molecule has 1 saturated carbocycles. The van der Waals surface area contributed by atoms with Crippen molar-refractivity contribution in [2.45, 2.75) is 96.6 Å². The zero-order valence-corrected chi connectivity index (χ0v) is 24.3. The molecule has 3 N–H and O–H groups in total. The Bertz CT molecular complexity index is 1290. The maximum absolute atomic E-state index is 13.0. The average Bonchev–Trinajstić information content (AvgIpc) is 3.29. The Balaban J connectivity index is 1.31. The van der Waals surface area contributed by atoms with E-state index in [1.807, 2.05) is 41.8 Å². The second-order valence-electron chi connectivity index (χ2n) is 12.9. The van der Waals surface area contributed by atoms with E-state index in [-0.39, 0.29) is 29.5 Å². The fourth-order valence-corrected chi connectivity index (χ4v) is 6.04. The van der Waals surface area contributed by atoms with Crippen molar-refractivity contribution >= 4 is 5.91 Å². The fraction of sp³-hybridized carbons (Fsp3) is 0.515. The summed E-state index contributed by atoms with van der Waals surface area (Å²) < 4.78 is 8.36. The summed E-state index contributed by atoms with van der Waals surface area (Å²) in [5.74, 6) is 1.60. The molecule has 214 valence electrons. The van der Waals surface area contributed by atoms with Crippen LogP contribution in [0.25, 0.3) is 0 Å². The first-order chi connectivity index (χ1) is 19.1. The molecule has 5 rings (SSSR count). The largest absolute Gasteiger partial charge is 0.487 e. The summed E-state index contributed by atoms with van der Waals surface area (Å²) in [5.41, 5.74) is 3.63. The fourth-order valence-electron chi connectivity index (χ4n) is 6.04. The van der Waals surface area contributed by atoms with Crippen LogP contribution in [0.5, 0.6) is 5.75 Å². The van der Waals surface area contributed by atoms with E-state index in [0.717, 1.165) is 42.8 Å². The van der Waals surface area contributed by atoms with Crippen LogP contribution >= 0.6 is 0 Å². The highest BCUT2D eigenvalue weighted by Gasteiger charge is 2.45. The van der Waals surface area contributed by atoms with Gasteiger partial charge in [-0.1, -0.05) is 63.2 Å². The molecule has 7 heteroatoms. The van der Waals surface area contributed by atoms with Gasteiger partial charge in [-0.2, -0.15) is 0 Å². The maximum atomic E-state index is 13.0. The van der Waals surface area contributed by atoms with Crippen molar-refractivity contribution < 1.29 is 14.6 Å². The van der Waals surface area contributed by atoms with E-state index in [1.165, 1.54) is 17.5 Å². The summed E-state index contributed by atoms with van der Waals surface area (Å²) in [5, 5.41) is 18.3. The van der Waals surface area contributed by atoms with Crippen molar-refractivity contribution in [3.8, 4) is 5.75 Å². The van der Waals surface area contributed by atoms with E-state index < -0.39 is 12.1 Å². The number of hydrogen-bond donors (Lipinski definition) is 3. The zero-order valence-electron chi connectivity index (χ0n) is 24.3. The van der Waals surface area contributed by atoms with Crippen molar-refractivity contribution in [2.24, 2.45) is 5.41 Å². The van der Waals surface area contributed by atoms with Crippen molar-refractivity contribution in [2.75, 3.05) is 6.54 Å². The number of aryl methyl sites for hydroxylation is 1. The van der Waals surface area contributed by atoms with Crippen molar-refractivity contribution in [3.63, 3.8) is 0 Å². The normalized spacial score (nSPS) is 19.3. The summed E-state index contributed by atoms with van der Waals surface area (Å²) >= 11 is 0. The van der Waals surface area contributed by atoms with Crippen LogP contribution in [-0.2, 0) is 24.2 Å². The van der Waals surface area contributed by atoms with E-state index in [2.05, 4.69) is 54.6 Å². The molecule has 2 aliphatic rings. The van der Waals surface area contributed by atoms with Crippen molar-refractivity contribution in [3.05, 3.63) is 83.4 Å².